The molecule has 1 atom stereocenters. The second-order valence-electron chi connectivity index (χ2n) is 4.55. The van der Waals surface area contributed by atoms with E-state index in [1.165, 1.54) is 0 Å². The van der Waals surface area contributed by atoms with Crippen molar-refractivity contribution in [1.82, 2.24) is 5.32 Å². The molecule has 0 bridgehead atoms. The number of hydrogen-bond acceptors (Lipinski definition) is 3. The highest BCUT2D eigenvalue weighted by Crippen LogP contribution is 2.20. The van der Waals surface area contributed by atoms with E-state index in [9.17, 15) is 9.59 Å². The van der Waals surface area contributed by atoms with Gasteiger partial charge in [-0.2, -0.15) is 0 Å². The number of primary amides is 1. The first-order chi connectivity index (χ1) is 10.1. The van der Waals surface area contributed by atoms with E-state index in [-0.39, 0.29) is 5.91 Å². The predicted octanol–water partition coefficient (Wildman–Crippen LogP) is 1.68. The minimum atomic E-state index is -0.647. The van der Waals surface area contributed by atoms with Crippen LogP contribution in [0.1, 0.15) is 22.0 Å². The Bertz CT molecular complexity index is 641. The molecule has 0 saturated carbocycles. The summed E-state index contributed by atoms with van der Waals surface area (Å²) in [6.45, 7) is 0. The summed E-state index contributed by atoms with van der Waals surface area (Å²) in [6, 6.07) is 15.5. The molecule has 108 valence electrons. The third-order valence-corrected chi connectivity index (χ3v) is 3.08. The summed E-state index contributed by atoms with van der Waals surface area (Å²) in [5, 5.41) is 5.62. The normalized spacial score (nSPS) is 11.5. The average Bonchev–Trinajstić information content (AvgIpc) is 2.52. The molecule has 5 nitrogen and oxygen atoms in total. The molecule has 0 aromatic heterocycles. The molecule has 2 aromatic rings. The monoisotopic (exact) mass is 283 g/mol. The largest absolute Gasteiger partial charge is 0.370 e. The maximum absolute atomic E-state index is 11.7. The van der Waals surface area contributed by atoms with Crippen molar-refractivity contribution in [2.24, 2.45) is 5.73 Å². The van der Waals surface area contributed by atoms with Crippen molar-refractivity contribution in [1.29, 1.82) is 0 Å². The van der Waals surface area contributed by atoms with Gasteiger partial charge in [0, 0.05) is 18.3 Å². The van der Waals surface area contributed by atoms with E-state index in [0.717, 1.165) is 5.56 Å². The van der Waals surface area contributed by atoms with Crippen LogP contribution >= 0.6 is 0 Å². The van der Waals surface area contributed by atoms with Crippen molar-refractivity contribution in [3.05, 3.63) is 65.7 Å². The molecule has 0 aliphatic heterocycles. The number of benzene rings is 2. The molecule has 0 saturated heterocycles. The van der Waals surface area contributed by atoms with E-state index >= 15 is 0 Å². The minimum Gasteiger partial charge on any atom is -0.370 e. The number of rotatable bonds is 5. The molecule has 4 N–H and O–H groups in total. The highest BCUT2D eigenvalue weighted by molar-refractivity contribution is 5.95. The van der Waals surface area contributed by atoms with Crippen LogP contribution in [-0.4, -0.2) is 18.9 Å². The number of carbonyl (C=O) groups excluding carboxylic acids is 2. The van der Waals surface area contributed by atoms with E-state index in [4.69, 9.17) is 5.73 Å². The number of nitrogens with one attached hydrogen (secondary N) is 2. The molecule has 0 aliphatic carbocycles. The lowest BCUT2D eigenvalue weighted by molar-refractivity contribution is -0.118. The number of nitrogens with two attached hydrogens (primary N) is 1. The summed E-state index contributed by atoms with van der Waals surface area (Å²) < 4.78 is 0. The van der Waals surface area contributed by atoms with E-state index in [0.29, 0.717) is 11.3 Å². The molecule has 0 unspecified atom stereocenters. The molecule has 5 heteroatoms. The van der Waals surface area contributed by atoms with E-state index in [2.05, 4.69) is 10.6 Å². The molecule has 0 radical (unpaired) electrons. The Morgan fingerprint density at radius 2 is 1.76 bits per heavy atom. The average molecular weight is 283 g/mol. The van der Waals surface area contributed by atoms with Gasteiger partial charge >= 0.3 is 0 Å². The molecule has 2 aromatic carbocycles. The van der Waals surface area contributed by atoms with Gasteiger partial charge < -0.3 is 16.4 Å². The molecule has 2 amide bonds. The third kappa shape index (κ3) is 3.60. The van der Waals surface area contributed by atoms with Crippen molar-refractivity contribution in [3.8, 4) is 0 Å². The predicted molar refractivity (Wildman–Crippen MR) is 81.8 cm³/mol. The zero-order valence-electron chi connectivity index (χ0n) is 11.7. The van der Waals surface area contributed by atoms with Crippen molar-refractivity contribution < 1.29 is 9.59 Å². The van der Waals surface area contributed by atoms with Gasteiger partial charge in [0.1, 0.15) is 6.04 Å². The van der Waals surface area contributed by atoms with Crippen LogP contribution in [0.3, 0.4) is 0 Å². The summed E-state index contributed by atoms with van der Waals surface area (Å²) in [7, 11) is 1.57. The zero-order chi connectivity index (χ0) is 15.2. The van der Waals surface area contributed by atoms with Gasteiger partial charge in [0.15, 0.2) is 0 Å². The highest BCUT2D eigenvalue weighted by Gasteiger charge is 2.17. The van der Waals surface area contributed by atoms with Gasteiger partial charge in [-0.1, -0.05) is 36.4 Å². The highest BCUT2D eigenvalue weighted by atomic mass is 16.2. The Balaban J connectivity index is 2.26. The minimum absolute atomic E-state index is 0.186. The van der Waals surface area contributed by atoms with Crippen molar-refractivity contribution in [2.45, 2.75) is 6.04 Å². The quantitative estimate of drug-likeness (QED) is 0.780. The summed E-state index contributed by atoms with van der Waals surface area (Å²) >= 11 is 0. The molecule has 2 rings (SSSR count). The Kier molecular flexibility index (Phi) is 4.56. The van der Waals surface area contributed by atoms with Gasteiger partial charge in [-0.05, 0) is 23.8 Å². The maximum Gasteiger partial charge on any atom is 0.251 e. The zero-order valence-corrected chi connectivity index (χ0v) is 11.7. The van der Waals surface area contributed by atoms with Crippen LogP contribution in [0.4, 0.5) is 5.69 Å². The van der Waals surface area contributed by atoms with Gasteiger partial charge in [0.05, 0.1) is 0 Å². The second-order valence-corrected chi connectivity index (χ2v) is 4.55. The Morgan fingerprint density at radius 3 is 2.38 bits per heavy atom. The fraction of sp³-hybridized carbons (Fsp3) is 0.125. The molecular formula is C16H17N3O2. The number of hydrogen-bond donors (Lipinski definition) is 3. The summed E-state index contributed by atoms with van der Waals surface area (Å²) in [5.74, 6) is -0.666. The fourth-order valence-corrected chi connectivity index (χ4v) is 2.03. The third-order valence-electron chi connectivity index (χ3n) is 3.08. The molecule has 0 aliphatic rings. The summed E-state index contributed by atoms with van der Waals surface area (Å²) in [4.78, 5) is 23.3. The molecule has 21 heavy (non-hydrogen) atoms. The van der Waals surface area contributed by atoms with Gasteiger partial charge in [-0.25, -0.2) is 0 Å². The first-order valence-electron chi connectivity index (χ1n) is 6.54. The lowest BCUT2D eigenvalue weighted by atomic mass is 10.1. The first-order valence-corrected chi connectivity index (χ1v) is 6.54. The summed E-state index contributed by atoms with van der Waals surface area (Å²) in [5.41, 5.74) is 7.40. The van der Waals surface area contributed by atoms with Crippen LogP contribution in [-0.2, 0) is 4.79 Å². The molecular weight excluding hydrogens is 266 g/mol. The van der Waals surface area contributed by atoms with Crippen LogP contribution in [0.5, 0.6) is 0 Å². The smallest absolute Gasteiger partial charge is 0.251 e. The number of amides is 2. The van der Waals surface area contributed by atoms with Crippen LogP contribution in [0.25, 0.3) is 0 Å². The Hall–Kier alpha value is -2.82. The van der Waals surface area contributed by atoms with Crippen LogP contribution < -0.4 is 16.4 Å². The molecule has 0 heterocycles. The topological polar surface area (TPSA) is 84.2 Å². The lowest BCUT2D eigenvalue weighted by Gasteiger charge is -2.17. The van der Waals surface area contributed by atoms with E-state index in [1.54, 1.807) is 31.3 Å². The number of carbonyl (C=O) groups is 2. The Labute approximate surface area is 123 Å². The molecule has 0 fully saturated rings. The van der Waals surface area contributed by atoms with Crippen LogP contribution in [0.2, 0.25) is 0 Å². The van der Waals surface area contributed by atoms with E-state index in [1.807, 2.05) is 30.3 Å². The lowest BCUT2D eigenvalue weighted by Crippen LogP contribution is -2.27. The first kappa shape index (κ1) is 14.6. The Morgan fingerprint density at radius 1 is 1.05 bits per heavy atom. The SMILES string of the molecule is CNC(=O)c1cccc(N[C@@H](C(N)=O)c2ccccc2)c1. The van der Waals surface area contributed by atoms with Gasteiger partial charge in [-0.3, -0.25) is 9.59 Å². The van der Waals surface area contributed by atoms with Crippen molar-refractivity contribution in [3.63, 3.8) is 0 Å². The van der Waals surface area contributed by atoms with Crippen LogP contribution in [0, 0.1) is 0 Å². The number of anilines is 1. The van der Waals surface area contributed by atoms with Crippen LogP contribution in [0.15, 0.2) is 54.6 Å². The van der Waals surface area contributed by atoms with E-state index < -0.39 is 11.9 Å². The second kappa shape index (κ2) is 6.56. The van der Waals surface area contributed by atoms with Crippen molar-refractivity contribution >= 4 is 17.5 Å². The fourth-order valence-electron chi connectivity index (χ4n) is 2.03. The standard InChI is InChI=1S/C16H17N3O2/c1-18-16(21)12-8-5-9-13(10-12)19-14(15(17)20)11-6-3-2-4-7-11/h2-10,14,19H,1H3,(H2,17,20)(H,18,21)/t14-/m1/s1. The maximum atomic E-state index is 11.7. The van der Waals surface area contributed by atoms with Gasteiger partial charge in [0.2, 0.25) is 5.91 Å². The van der Waals surface area contributed by atoms with Crippen molar-refractivity contribution in [2.75, 3.05) is 12.4 Å². The van der Waals surface area contributed by atoms with Gasteiger partial charge in [0.25, 0.3) is 5.91 Å². The molecule has 0 spiro atoms. The summed E-state index contributed by atoms with van der Waals surface area (Å²) in [6.07, 6.45) is 0. The van der Waals surface area contributed by atoms with Gasteiger partial charge in [-0.15, -0.1) is 0 Å².